The minimum absolute atomic E-state index is 0.176. The quantitative estimate of drug-likeness (QED) is 0.425. The van der Waals surface area contributed by atoms with Crippen molar-refractivity contribution in [2.24, 2.45) is 5.73 Å². The predicted molar refractivity (Wildman–Crippen MR) is 121 cm³/mol. The molecule has 0 aliphatic heterocycles. The maximum atomic E-state index is 11.8. The van der Waals surface area contributed by atoms with Crippen LogP contribution in [0.4, 0.5) is 10.6 Å². The average molecular weight is 432 g/mol. The van der Waals surface area contributed by atoms with E-state index in [1.807, 2.05) is 0 Å². The zero-order valence-corrected chi connectivity index (χ0v) is 19.8. The Hall–Kier alpha value is -2.31. The fourth-order valence-electron chi connectivity index (χ4n) is 4.03. The number of pyridine rings is 1. The number of nitrogens with one attached hydrogen (secondary N) is 1. The normalized spacial score (nSPS) is 12.9. The molecule has 0 aliphatic rings. The van der Waals surface area contributed by atoms with E-state index in [1.165, 1.54) is 6.26 Å². The summed E-state index contributed by atoms with van der Waals surface area (Å²) in [4.78, 5) is 24.1. The van der Waals surface area contributed by atoms with E-state index in [1.54, 1.807) is 12.3 Å². The van der Waals surface area contributed by atoms with E-state index in [4.69, 9.17) is 5.73 Å². The number of amides is 2. The molecule has 0 fully saturated rings. The molecule has 0 spiro atoms. The van der Waals surface area contributed by atoms with Crippen LogP contribution in [0.5, 0.6) is 0 Å². The van der Waals surface area contributed by atoms with Crippen molar-refractivity contribution in [2.45, 2.75) is 63.3 Å². The zero-order valence-electron chi connectivity index (χ0n) is 18.0. The lowest BCUT2D eigenvalue weighted by atomic mass is 10.2. The Balaban J connectivity index is 2.75. The van der Waals surface area contributed by atoms with Crippen LogP contribution in [0.25, 0.3) is 11.0 Å². The summed E-state index contributed by atoms with van der Waals surface area (Å²) in [6, 6.07) is 0.964. The first kappa shape index (κ1) is 23.0. The molecule has 2 amide bonds. The summed E-state index contributed by atoms with van der Waals surface area (Å²) >= 11 is 0. The molecule has 1 atom stereocenters. The maximum absolute atomic E-state index is 11.8. The summed E-state index contributed by atoms with van der Waals surface area (Å²) in [7, 11) is -3.31. The smallest absolute Gasteiger partial charge is 0.317 e. The molecular formula is C20H29N5O2SSi. The van der Waals surface area contributed by atoms with Gasteiger partial charge in [-0.05, 0) is 22.7 Å². The number of hydrogen-bond acceptors (Lipinski definition) is 5. The summed E-state index contributed by atoms with van der Waals surface area (Å²) in [5.74, 6) is 3.61. The van der Waals surface area contributed by atoms with Crippen molar-refractivity contribution in [3.63, 3.8) is 0 Å². The number of anilines is 1. The highest BCUT2D eigenvalue weighted by Gasteiger charge is 2.41. The summed E-state index contributed by atoms with van der Waals surface area (Å²) in [6.07, 6.45) is 3.09. The molecule has 0 aliphatic carbocycles. The van der Waals surface area contributed by atoms with Gasteiger partial charge in [0, 0.05) is 18.0 Å². The largest absolute Gasteiger partial charge is 0.351 e. The van der Waals surface area contributed by atoms with E-state index in [9.17, 15) is 9.00 Å². The third kappa shape index (κ3) is 4.82. The van der Waals surface area contributed by atoms with E-state index in [0.29, 0.717) is 33.2 Å². The van der Waals surface area contributed by atoms with Crippen LogP contribution in [-0.2, 0) is 10.8 Å². The molecular weight excluding hydrogens is 402 g/mol. The number of nitrogens with two attached hydrogens (primary N) is 1. The second kappa shape index (κ2) is 9.01. The molecule has 156 valence electrons. The van der Waals surface area contributed by atoms with Crippen LogP contribution in [0.1, 0.15) is 47.1 Å². The van der Waals surface area contributed by atoms with E-state index in [-0.39, 0.29) is 11.0 Å². The van der Waals surface area contributed by atoms with E-state index < -0.39 is 24.9 Å². The van der Waals surface area contributed by atoms with E-state index in [0.717, 1.165) is 0 Å². The van der Waals surface area contributed by atoms with Crippen LogP contribution in [0, 0.1) is 11.5 Å². The van der Waals surface area contributed by atoms with Gasteiger partial charge in [0.25, 0.3) is 0 Å². The van der Waals surface area contributed by atoms with Gasteiger partial charge < -0.3 is 5.73 Å². The van der Waals surface area contributed by atoms with Crippen molar-refractivity contribution in [1.82, 2.24) is 15.0 Å². The molecule has 0 bridgehead atoms. The first-order valence-corrected chi connectivity index (χ1v) is 13.4. The van der Waals surface area contributed by atoms with Gasteiger partial charge in [-0.1, -0.05) is 47.5 Å². The van der Waals surface area contributed by atoms with Gasteiger partial charge in [-0.15, -0.1) is 5.54 Å². The molecule has 9 heteroatoms. The topological polar surface area (TPSA) is 111 Å². The van der Waals surface area contributed by atoms with Crippen molar-refractivity contribution in [3.05, 3.63) is 17.8 Å². The molecule has 7 nitrogen and oxygen atoms in total. The van der Waals surface area contributed by atoms with Gasteiger partial charge in [0.15, 0.2) is 5.65 Å². The number of nitrogens with zero attached hydrogens (tertiary/aromatic N) is 3. The molecule has 0 saturated heterocycles. The molecule has 3 N–H and O–H groups in total. The van der Waals surface area contributed by atoms with Crippen LogP contribution in [0.3, 0.4) is 0 Å². The van der Waals surface area contributed by atoms with Crippen LogP contribution in [0.2, 0.25) is 16.6 Å². The minimum atomic E-state index is -1.96. The number of hydrogen-bond donors (Lipinski definition) is 2. The van der Waals surface area contributed by atoms with Crippen molar-refractivity contribution in [2.75, 3.05) is 11.6 Å². The van der Waals surface area contributed by atoms with Crippen molar-refractivity contribution >= 4 is 41.8 Å². The third-order valence-corrected chi connectivity index (χ3v) is 12.3. The van der Waals surface area contributed by atoms with E-state index in [2.05, 4.69) is 73.3 Å². The monoisotopic (exact) mass is 431 g/mol. The fraction of sp³-hybridized carbons (Fsp3) is 0.500. The maximum Gasteiger partial charge on any atom is 0.317 e. The number of fused-ring (bicyclic) bond motifs is 1. The number of carbonyl (C=O) groups excluding carboxylic acids is 1. The van der Waals surface area contributed by atoms with Gasteiger partial charge in [-0.3, -0.25) is 9.53 Å². The first-order valence-electron chi connectivity index (χ1n) is 9.59. The third-order valence-electron chi connectivity index (χ3n) is 5.33. The van der Waals surface area contributed by atoms with Crippen LogP contribution < -0.4 is 11.1 Å². The molecule has 2 aromatic heterocycles. The zero-order chi connectivity index (χ0) is 21.9. The average Bonchev–Trinajstić information content (AvgIpc) is 2.59. The summed E-state index contributed by atoms with van der Waals surface area (Å²) in [5, 5.41) is 3.32. The molecule has 29 heavy (non-hydrogen) atoms. The second-order valence-electron chi connectivity index (χ2n) is 8.04. The molecule has 1 unspecified atom stereocenters. The van der Waals surface area contributed by atoms with Gasteiger partial charge in [0.2, 0.25) is 5.16 Å². The number of aromatic nitrogens is 3. The van der Waals surface area contributed by atoms with Gasteiger partial charge in [-0.2, -0.15) is 0 Å². The number of rotatable bonds is 5. The van der Waals surface area contributed by atoms with Gasteiger partial charge >= 0.3 is 6.03 Å². The molecule has 2 aromatic rings. The fourth-order valence-corrected chi connectivity index (χ4v) is 9.67. The highest BCUT2D eigenvalue weighted by molar-refractivity contribution is 7.84. The van der Waals surface area contributed by atoms with Gasteiger partial charge in [0.05, 0.1) is 16.2 Å². The molecule has 0 saturated carbocycles. The van der Waals surface area contributed by atoms with Crippen molar-refractivity contribution in [3.8, 4) is 11.5 Å². The summed E-state index contributed by atoms with van der Waals surface area (Å²) in [5.41, 5.74) is 11.4. The van der Waals surface area contributed by atoms with Gasteiger partial charge in [-0.25, -0.2) is 19.7 Å². The Labute approximate surface area is 175 Å². The van der Waals surface area contributed by atoms with Crippen LogP contribution in [-0.4, -0.2) is 39.5 Å². The lowest BCUT2D eigenvalue weighted by molar-refractivity contribution is 0.259. The number of urea groups is 1. The van der Waals surface area contributed by atoms with E-state index >= 15 is 0 Å². The standard InChI is InChI=1S/C20H29N5O2SSi/c1-12(2)29(13(3)4,14(5)6)9-8-15-10-17(24-19(21)26)23-18-16(15)11-22-20(25-18)28(7)27/h10-14H,1-7H3,(H3,21,22,23,24,25,26). The number of carbonyl (C=O) groups is 1. The van der Waals surface area contributed by atoms with Crippen molar-refractivity contribution < 1.29 is 9.00 Å². The lowest BCUT2D eigenvalue weighted by Gasteiger charge is -2.38. The molecule has 2 heterocycles. The Morgan fingerprint density at radius 2 is 1.72 bits per heavy atom. The summed E-state index contributed by atoms with van der Waals surface area (Å²) in [6.45, 7) is 13.5. The van der Waals surface area contributed by atoms with Crippen molar-refractivity contribution in [1.29, 1.82) is 0 Å². The SMILES string of the molecule is CC(C)[Si](C#Cc1cc(NC(N)=O)nc2nc(S(C)=O)ncc12)(C(C)C)C(C)C. The minimum Gasteiger partial charge on any atom is -0.351 e. The molecule has 2 rings (SSSR count). The molecule has 0 aromatic carbocycles. The Kier molecular flexibility index (Phi) is 7.14. The predicted octanol–water partition coefficient (Wildman–Crippen LogP) is 3.82. The van der Waals surface area contributed by atoms with Crippen LogP contribution in [0.15, 0.2) is 17.4 Å². The highest BCUT2D eigenvalue weighted by Crippen LogP contribution is 2.40. The first-order chi connectivity index (χ1) is 13.5. The number of primary amides is 1. The Morgan fingerprint density at radius 3 is 2.21 bits per heavy atom. The van der Waals surface area contributed by atoms with Crippen LogP contribution >= 0.6 is 0 Å². The van der Waals surface area contributed by atoms with Gasteiger partial charge in [0.1, 0.15) is 13.9 Å². The second-order valence-corrected chi connectivity index (χ2v) is 14.9. The molecule has 0 radical (unpaired) electrons. The lowest BCUT2D eigenvalue weighted by Crippen LogP contribution is -2.43. The Morgan fingerprint density at radius 1 is 1.14 bits per heavy atom. The summed E-state index contributed by atoms with van der Waals surface area (Å²) < 4.78 is 11.8. The highest BCUT2D eigenvalue weighted by atomic mass is 32.2. The Bertz CT molecular complexity index is 989.